The second-order valence-electron chi connectivity index (χ2n) is 4.57. The Hall–Kier alpha value is -1.97. The summed E-state index contributed by atoms with van der Waals surface area (Å²) in [6, 6.07) is 7.74. The number of nitrogens with one attached hydrogen (secondary N) is 2. The minimum absolute atomic E-state index is 0.0258. The molecule has 0 aliphatic carbocycles. The molecule has 0 aromatic heterocycles. The predicted octanol–water partition coefficient (Wildman–Crippen LogP) is 3.14. The number of ether oxygens (including phenoxy) is 1. The molecule has 0 fully saturated rings. The molecule has 102 valence electrons. The van der Waals surface area contributed by atoms with Gasteiger partial charge >= 0.3 is 0 Å². The number of carbonyl (C=O) groups is 1. The fourth-order valence-corrected chi connectivity index (χ4v) is 1.92. The molecular weight excluding hydrogens is 240 g/mol. The molecule has 1 aromatic carbocycles. The van der Waals surface area contributed by atoms with Crippen LogP contribution in [0.5, 0.6) is 0 Å². The lowest BCUT2D eigenvalue weighted by molar-refractivity contribution is -0.115. The van der Waals surface area contributed by atoms with Crippen molar-refractivity contribution >= 4 is 17.3 Å². The van der Waals surface area contributed by atoms with Crippen LogP contribution >= 0.6 is 0 Å². The van der Waals surface area contributed by atoms with Crippen molar-refractivity contribution < 1.29 is 9.53 Å². The molecule has 1 unspecified atom stereocenters. The Morgan fingerprint density at radius 1 is 1.42 bits per heavy atom. The molecular formula is C15H20N2O2. The van der Waals surface area contributed by atoms with Crippen molar-refractivity contribution in [2.24, 2.45) is 0 Å². The number of benzene rings is 1. The van der Waals surface area contributed by atoms with Crippen molar-refractivity contribution in [2.45, 2.75) is 32.3 Å². The Morgan fingerprint density at radius 3 is 3.00 bits per heavy atom. The van der Waals surface area contributed by atoms with Gasteiger partial charge in [0.1, 0.15) is 6.10 Å². The zero-order valence-electron chi connectivity index (χ0n) is 11.2. The second kappa shape index (κ2) is 6.83. The Kier molecular flexibility index (Phi) is 4.84. The Bertz CT molecular complexity index is 457. The summed E-state index contributed by atoms with van der Waals surface area (Å²) in [4.78, 5) is 11.3. The molecule has 0 saturated heterocycles. The van der Waals surface area contributed by atoms with E-state index in [1.54, 1.807) is 6.26 Å². The van der Waals surface area contributed by atoms with Gasteiger partial charge in [0.2, 0.25) is 5.91 Å². The first-order valence-electron chi connectivity index (χ1n) is 6.72. The highest BCUT2D eigenvalue weighted by Crippen LogP contribution is 2.17. The Labute approximate surface area is 113 Å². The van der Waals surface area contributed by atoms with Crippen LogP contribution in [0.2, 0.25) is 0 Å². The first-order chi connectivity index (χ1) is 9.28. The molecule has 0 saturated carbocycles. The molecule has 4 heteroatoms. The second-order valence-corrected chi connectivity index (χ2v) is 4.57. The fourth-order valence-electron chi connectivity index (χ4n) is 1.92. The minimum atomic E-state index is 0.0258. The first-order valence-corrected chi connectivity index (χ1v) is 6.72. The number of amides is 1. The van der Waals surface area contributed by atoms with Gasteiger partial charge < -0.3 is 15.4 Å². The molecule has 0 bridgehead atoms. The minimum Gasteiger partial charge on any atom is -0.497 e. The van der Waals surface area contributed by atoms with Gasteiger partial charge in [0.05, 0.1) is 12.8 Å². The number of hydrogen-bond donors (Lipinski definition) is 2. The van der Waals surface area contributed by atoms with E-state index in [0.717, 1.165) is 30.8 Å². The Morgan fingerprint density at radius 2 is 2.26 bits per heavy atom. The summed E-state index contributed by atoms with van der Waals surface area (Å²) in [6.45, 7) is 2.61. The normalized spacial score (nSPS) is 17.6. The zero-order valence-corrected chi connectivity index (χ0v) is 11.2. The van der Waals surface area contributed by atoms with Gasteiger partial charge in [0, 0.05) is 17.8 Å². The quantitative estimate of drug-likeness (QED) is 0.855. The van der Waals surface area contributed by atoms with Gasteiger partial charge in [-0.05, 0) is 37.1 Å². The van der Waals surface area contributed by atoms with Crippen molar-refractivity contribution in [1.29, 1.82) is 0 Å². The summed E-state index contributed by atoms with van der Waals surface area (Å²) < 4.78 is 5.50. The molecule has 0 radical (unpaired) electrons. The molecule has 4 nitrogen and oxygen atoms in total. The van der Waals surface area contributed by atoms with Crippen LogP contribution in [-0.2, 0) is 9.53 Å². The third-order valence-corrected chi connectivity index (χ3v) is 3.02. The lowest BCUT2D eigenvalue weighted by atomic mass is 10.1. The van der Waals surface area contributed by atoms with Crippen molar-refractivity contribution in [1.82, 2.24) is 0 Å². The molecule has 1 atom stereocenters. The number of allylic oxidation sites excluding steroid dienone is 1. The smallest absolute Gasteiger partial charge is 0.224 e. The Balaban J connectivity index is 1.87. The van der Waals surface area contributed by atoms with Crippen LogP contribution in [0.25, 0.3) is 0 Å². The van der Waals surface area contributed by atoms with Crippen LogP contribution in [-0.4, -0.2) is 18.6 Å². The van der Waals surface area contributed by atoms with Gasteiger partial charge in [-0.1, -0.05) is 13.0 Å². The van der Waals surface area contributed by atoms with E-state index in [0.29, 0.717) is 6.42 Å². The fraction of sp³-hybridized carbons (Fsp3) is 0.400. The number of anilines is 2. The lowest BCUT2D eigenvalue weighted by Crippen LogP contribution is -2.23. The summed E-state index contributed by atoms with van der Waals surface area (Å²) in [5.41, 5.74) is 1.81. The molecule has 1 aliphatic heterocycles. The molecule has 19 heavy (non-hydrogen) atoms. The van der Waals surface area contributed by atoms with Crippen LogP contribution in [0, 0.1) is 0 Å². The van der Waals surface area contributed by atoms with Gasteiger partial charge in [0.15, 0.2) is 0 Å². The van der Waals surface area contributed by atoms with Gasteiger partial charge in [-0.2, -0.15) is 0 Å². The topological polar surface area (TPSA) is 50.4 Å². The van der Waals surface area contributed by atoms with E-state index in [9.17, 15) is 4.79 Å². The van der Waals surface area contributed by atoms with E-state index in [4.69, 9.17) is 4.74 Å². The standard InChI is InChI=1S/C15H20N2O2/c1-2-15(18)17-13-7-5-6-12(10-13)16-11-14-8-3-4-9-19-14/h4-7,9-10,14,16H,2-3,8,11H2,1H3,(H,17,18). The number of carbonyl (C=O) groups excluding carboxylic acids is 1. The van der Waals surface area contributed by atoms with Crippen molar-refractivity contribution in [3.8, 4) is 0 Å². The highest BCUT2D eigenvalue weighted by Gasteiger charge is 2.10. The molecule has 2 rings (SSSR count). The largest absolute Gasteiger partial charge is 0.497 e. The lowest BCUT2D eigenvalue weighted by Gasteiger charge is -2.20. The van der Waals surface area contributed by atoms with E-state index in [1.165, 1.54) is 0 Å². The SMILES string of the molecule is CCC(=O)Nc1cccc(NCC2CCC=CO2)c1. The highest BCUT2D eigenvalue weighted by molar-refractivity contribution is 5.90. The van der Waals surface area contributed by atoms with Gasteiger partial charge in [-0.25, -0.2) is 0 Å². The van der Waals surface area contributed by atoms with Crippen molar-refractivity contribution in [2.75, 3.05) is 17.2 Å². The van der Waals surface area contributed by atoms with Crippen LogP contribution < -0.4 is 10.6 Å². The van der Waals surface area contributed by atoms with Crippen molar-refractivity contribution in [3.05, 3.63) is 36.6 Å². The maximum Gasteiger partial charge on any atom is 0.224 e. The van der Waals surface area contributed by atoms with E-state index in [2.05, 4.69) is 10.6 Å². The van der Waals surface area contributed by atoms with Gasteiger partial charge in [-0.15, -0.1) is 0 Å². The van der Waals surface area contributed by atoms with Gasteiger partial charge in [-0.3, -0.25) is 4.79 Å². The number of hydrogen-bond acceptors (Lipinski definition) is 3. The third-order valence-electron chi connectivity index (χ3n) is 3.02. The summed E-state index contributed by atoms with van der Waals surface area (Å²) in [6.07, 6.45) is 6.62. The monoisotopic (exact) mass is 260 g/mol. The van der Waals surface area contributed by atoms with Crippen LogP contribution in [0.3, 0.4) is 0 Å². The number of rotatable bonds is 5. The molecule has 2 N–H and O–H groups in total. The molecule has 0 spiro atoms. The molecule has 1 aliphatic rings. The summed E-state index contributed by atoms with van der Waals surface area (Å²) in [7, 11) is 0. The van der Waals surface area contributed by atoms with Crippen LogP contribution in [0.4, 0.5) is 11.4 Å². The van der Waals surface area contributed by atoms with Crippen LogP contribution in [0.1, 0.15) is 26.2 Å². The van der Waals surface area contributed by atoms with E-state index in [-0.39, 0.29) is 12.0 Å². The molecule has 1 heterocycles. The average molecular weight is 260 g/mol. The third kappa shape index (κ3) is 4.32. The van der Waals surface area contributed by atoms with Crippen LogP contribution in [0.15, 0.2) is 36.6 Å². The van der Waals surface area contributed by atoms with E-state index in [1.807, 2.05) is 37.3 Å². The predicted molar refractivity (Wildman–Crippen MR) is 77.1 cm³/mol. The molecule has 1 aromatic rings. The maximum atomic E-state index is 11.3. The molecule has 1 amide bonds. The first kappa shape index (κ1) is 13.5. The summed E-state index contributed by atoms with van der Waals surface area (Å²) >= 11 is 0. The summed E-state index contributed by atoms with van der Waals surface area (Å²) in [5.74, 6) is 0.0258. The summed E-state index contributed by atoms with van der Waals surface area (Å²) in [5, 5.41) is 6.18. The maximum absolute atomic E-state index is 11.3. The average Bonchev–Trinajstić information content (AvgIpc) is 2.46. The van der Waals surface area contributed by atoms with E-state index >= 15 is 0 Å². The zero-order chi connectivity index (χ0) is 13.5. The van der Waals surface area contributed by atoms with Gasteiger partial charge in [0.25, 0.3) is 0 Å². The van der Waals surface area contributed by atoms with Crippen molar-refractivity contribution in [3.63, 3.8) is 0 Å². The van der Waals surface area contributed by atoms with E-state index < -0.39 is 0 Å². The highest BCUT2D eigenvalue weighted by atomic mass is 16.5.